The fourth-order valence-corrected chi connectivity index (χ4v) is 6.58. The second kappa shape index (κ2) is 10.6. The highest BCUT2D eigenvalue weighted by Crippen LogP contribution is 2.44. The predicted octanol–water partition coefficient (Wildman–Crippen LogP) is 2.42. The van der Waals surface area contributed by atoms with E-state index in [2.05, 4.69) is 44.5 Å². The number of sulfonamides is 1. The van der Waals surface area contributed by atoms with Gasteiger partial charge in [0.25, 0.3) is 0 Å². The van der Waals surface area contributed by atoms with Crippen LogP contribution in [0.1, 0.15) is 67.2 Å². The average Bonchev–Trinajstić information content (AvgIpc) is 3.50. The summed E-state index contributed by atoms with van der Waals surface area (Å²) < 4.78 is 25.1. The first-order valence-corrected chi connectivity index (χ1v) is 14.9. The molecule has 1 saturated heterocycles. The smallest absolute Gasteiger partial charge is 0.208 e. The molecule has 5 rings (SSSR count). The SMILES string of the molecule is CCc1cc(O)ccc1C1CCC2C(C1)NNC2c1ncc(C2=CCN(CCNS(C)(=O)=O)CC2)[nH]1. The molecule has 4 unspecified atom stereocenters. The van der Waals surface area contributed by atoms with Crippen molar-refractivity contribution in [2.45, 2.75) is 57.0 Å². The number of aryl methyl sites for hydroxylation is 1. The summed E-state index contributed by atoms with van der Waals surface area (Å²) in [6, 6.07) is 6.40. The van der Waals surface area contributed by atoms with Gasteiger partial charge in [-0.25, -0.2) is 23.5 Å². The van der Waals surface area contributed by atoms with Crippen LogP contribution in [-0.2, 0) is 16.4 Å². The molecule has 1 saturated carbocycles. The molecule has 4 atom stereocenters. The molecule has 5 N–H and O–H groups in total. The van der Waals surface area contributed by atoms with E-state index in [9.17, 15) is 13.5 Å². The number of H-pyrrole nitrogens is 1. The number of imidazole rings is 1. The van der Waals surface area contributed by atoms with Crippen LogP contribution in [-0.4, -0.2) is 66.9 Å². The van der Waals surface area contributed by atoms with Gasteiger partial charge in [0, 0.05) is 32.2 Å². The minimum atomic E-state index is -3.14. The molecule has 1 aliphatic carbocycles. The fraction of sp³-hybridized carbons (Fsp3) is 0.577. The summed E-state index contributed by atoms with van der Waals surface area (Å²) in [5.74, 6) is 2.33. The molecule has 2 aliphatic heterocycles. The number of hydrazine groups is 1. The molecule has 10 heteroatoms. The van der Waals surface area contributed by atoms with E-state index in [-0.39, 0.29) is 6.04 Å². The molecule has 2 fully saturated rings. The number of aromatic hydroxyl groups is 1. The highest BCUT2D eigenvalue weighted by molar-refractivity contribution is 7.88. The number of fused-ring (bicyclic) bond motifs is 1. The number of rotatable bonds is 8. The lowest BCUT2D eigenvalue weighted by Crippen LogP contribution is -2.36. The first kappa shape index (κ1) is 25.4. The molecule has 0 bridgehead atoms. The number of nitrogens with one attached hydrogen (secondary N) is 4. The van der Waals surface area contributed by atoms with E-state index in [1.165, 1.54) is 23.0 Å². The minimum Gasteiger partial charge on any atom is -0.508 e. The fourth-order valence-electron chi connectivity index (χ4n) is 6.12. The summed E-state index contributed by atoms with van der Waals surface area (Å²) in [6.07, 6.45) is 10.6. The Morgan fingerprint density at radius 3 is 2.86 bits per heavy atom. The van der Waals surface area contributed by atoms with E-state index in [1.54, 1.807) is 0 Å². The van der Waals surface area contributed by atoms with Gasteiger partial charge in [0.2, 0.25) is 10.0 Å². The normalized spacial score (nSPS) is 27.1. The van der Waals surface area contributed by atoms with Crippen molar-refractivity contribution in [3.8, 4) is 5.75 Å². The van der Waals surface area contributed by atoms with Gasteiger partial charge in [0.15, 0.2) is 0 Å². The van der Waals surface area contributed by atoms with Crippen molar-refractivity contribution in [3.63, 3.8) is 0 Å². The molecule has 3 heterocycles. The monoisotopic (exact) mass is 514 g/mol. The van der Waals surface area contributed by atoms with Crippen LogP contribution in [0.2, 0.25) is 0 Å². The van der Waals surface area contributed by atoms with Crippen LogP contribution in [0.4, 0.5) is 0 Å². The standard InChI is InChI=1S/C26H38N6O3S/c1-3-17-14-20(33)5-7-21(17)19-4-6-22-23(15-19)30-31-25(22)26-27-16-24(29-26)18-8-11-32(12-9-18)13-10-28-36(2,34)35/h5,7-8,14,16,19,22-23,25,28,30-31,33H,3-4,6,9-13,15H2,1-2H3,(H,27,29). The van der Waals surface area contributed by atoms with Gasteiger partial charge in [-0.1, -0.05) is 19.1 Å². The van der Waals surface area contributed by atoms with E-state index in [4.69, 9.17) is 4.98 Å². The molecular weight excluding hydrogens is 476 g/mol. The number of aromatic nitrogens is 2. The van der Waals surface area contributed by atoms with Crippen LogP contribution in [0.3, 0.4) is 0 Å². The van der Waals surface area contributed by atoms with Gasteiger partial charge in [-0.3, -0.25) is 10.3 Å². The lowest BCUT2D eigenvalue weighted by atomic mass is 9.73. The Hall–Kier alpha value is -2.24. The third-order valence-electron chi connectivity index (χ3n) is 8.02. The van der Waals surface area contributed by atoms with Crippen LogP contribution < -0.4 is 15.6 Å². The van der Waals surface area contributed by atoms with Crippen LogP contribution in [0, 0.1) is 5.92 Å². The molecule has 1 aromatic carbocycles. The van der Waals surface area contributed by atoms with Crippen LogP contribution in [0.5, 0.6) is 5.75 Å². The third-order valence-corrected chi connectivity index (χ3v) is 8.75. The summed E-state index contributed by atoms with van der Waals surface area (Å²) in [6.45, 7) is 5.00. The maximum absolute atomic E-state index is 11.3. The summed E-state index contributed by atoms with van der Waals surface area (Å²) in [7, 11) is -3.14. The highest BCUT2D eigenvalue weighted by atomic mass is 32.2. The van der Waals surface area contributed by atoms with E-state index in [0.29, 0.717) is 36.7 Å². The van der Waals surface area contributed by atoms with Crippen LogP contribution in [0.15, 0.2) is 30.5 Å². The number of hydrogen-bond acceptors (Lipinski definition) is 7. The minimum absolute atomic E-state index is 0.165. The summed E-state index contributed by atoms with van der Waals surface area (Å²) >= 11 is 0. The molecule has 2 aromatic rings. The van der Waals surface area contributed by atoms with E-state index >= 15 is 0 Å². The molecular formula is C26H38N6O3S. The van der Waals surface area contributed by atoms with Crippen molar-refractivity contribution in [3.05, 3.63) is 53.1 Å². The predicted molar refractivity (Wildman–Crippen MR) is 141 cm³/mol. The first-order chi connectivity index (χ1) is 17.3. The van der Waals surface area contributed by atoms with Crippen molar-refractivity contribution >= 4 is 15.6 Å². The van der Waals surface area contributed by atoms with E-state index < -0.39 is 10.0 Å². The number of aromatic amines is 1. The molecule has 0 amide bonds. The highest BCUT2D eigenvalue weighted by Gasteiger charge is 2.42. The number of nitrogens with zero attached hydrogens (tertiary/aromatic N) is 2. The molecule has 196 valence electrons. The van der Waals surface area contributed by atoms with Gasteiger partial charge in [-0.05, 0) is 72.8 Å². The number of phenolic OH excluding ortho intramolecular Hbond substituents is 1. The zero-order valence-electron chi connectivity index (χ0n) is 21.1. The lowest BCUT2D eigenvalue weighted by Gasteiger charge is -2.33. The molecule has 1 aromatic heterocycles. The van der Waals surface area contributed by atoms with Gasteiger partial charge >= 0.3 is 0 Å². The summed E-state index contributed by atoms with van der Waals surface area (Å²) in [4.78, 5) is 10.6. The zero-order chi connectivity index (χ0) is 25.3. The molecule has 36 heavy (non-hydrogen) atoms. The maximum atomic E-state index is 11.3. The topological polar surface area (TPSA) is 122 Å². The van der Waals surface area contributed by atoms with Crippen molar-refractivity contribution in [2.75, 3.05) is 32.4 Å². The van der Waals surface area contributed by atoms with Crippen LogP contribution >= 0.6 is 0 Å². The van der Waals surface area contributed by atoms with Gasteiger partial charge < -0.3 is 10.1 Å². The van der Waals surface area contributed by atoms with Gasteiger partial charge in [0.1, 0.15) is 11.6 Å². The van der Waals surface area contributed by atoms with Crippen molar-refractivity contribution in [2.24, 2.45) is 5.92 Å². The second-order valence-corrected chi connectivity index (χ2v) is 12.2. The number of benzene rings is 1. The maximum Gasteiger partial charge on any atom is 0.208 e. The van der Waals surface area contributed by atoms with Gasteiger partial charge in [-0.2, -0.15) is 0 Å². The number of phenols is 1. The largest absolute Gasteiger partial charge is 0.508 e. The molecule has 0 radical (unpaired) electrons. The second-order valence-electron chi connectivity index (χ2n) is 10.4. The summed E-state index contributed by atoms with van der Waals surface area (Å²) in [5, 5.41) is 9.89. The Balaban J connectivity index is 1.19. The Bertz CT molecular complexity index is 1210. The van der Waals surface area contributed by atoms with E-state index in [0.717, 1.165) is 56.7 Å². The summed E-state index contributed by atoms with van der Waals surface area (Å²) in [5.41, 5.74) is 12.0. The van der Waals surface area contributed by atoms with Gasteiger partial charge in [-0.15, -0.1) is 0 Å². The van der Waals surface area contributed by atoms with Gasteiger partial charge in [0.05, 0.1) is 24.2 Å². The quantitative estimate of drug-likeness (QED) is 0.367. The third kappa shape index (κ3) is 5.68. The Labute approximate surface area is 213 Å². The Morgan fingerprint density at radius 2 is 2.11 bits per heavy atom. The lowest BCUT2D eigenvalue weighted by molar-refractivity contribution is 0.276. The molecule has 3 aliphatic rings. The van der Waals surface area contributed by atoms with Crippen molar-refractivity contribution < 1.29 is 13.5 Å². The number of hydrogen-bond donors (Lipinski definition) is 5. The first-order valence-electron chi connectivity index (χ1n) is 13.0. The molecule has 9 nitrogen and oxygen atoms in total. The Kier molecular flexibility index (Phi) is 7.50. The van der Waals surface area contributed by atoms with Crippen LogP contribution in [0.25, 0.3) is 5.57 Å². The average molecular weight is 515 g/mol. The Morgan fingerprint density at radius 1 is 1.25 bits per heavy atom. The molecule has 0 spiro atoms. The van der Waals surface area contributed by atoms with Crippen molar-refractivity contribution in [1.29, 1.82) is 0 Å². The van der Waals surface area contributed by atoms with Crippen molar-refractivity contribution in [1.82, 2.24) is 30.4 Å². The van der Waals surface area contributed by atoms with E-state index in [1.807, 2.05) is 18.3 Å². The zero-order valence-corrected chi connectivity index (χ0v) is 21.9.